The molecular formula is C21H23F3N2O. The van der Waals surface area contributed by atoms with Gasteiger partial charge in [-0.2, -0.15) is 13.2 Å². The lowest BCUT2D eigenvalue weighted by Gasteiger charge is -2.09. The van der Waals surface area contributed by atoms with Gasteiger partial charge in [-0.1, -0.05) is 12.1 Å². The number of hydrogen-bond acceptors (Lipinski definition) is 2. The van der Waals surface area contributed by atoms with Crippen molar-refractivity contribution in [2.75, 3.05) is 13.7 Å². The monoisotopic (exact) mass is 376 g/mol. The first kappa shape index (κ1) is 19.3. The van der Waals surface area contributed by atoms with Gasteiger partial charge in [0, 0.05) is 16.6 Å². The molecule has 3 N–H and O–H groups in total. The van der Waals surface area contributed by atoms with Gasteiger partial charge in [-0.05, 0) is 73.7 Å². The molecule has 0 saturated carbocycles. The van der Waals surface area contributed by atoms with Gasteiger partial charge in [-0.15, -0.1) is 0 Å². The number of benzene rings is 2. The zero-order chi connectivity index (χ0) is 19.6. The highest BCUT2D eigenvalue weighted by molar-refractivity contribution is 5.93. The van der Waals surface area contributed by atoms with Gasteiger partial charge in [0.2, 0.25) is 0 Å². The number of methoxy groups -OCH3 is 1. The zero-order valence-corrected chi connectivity index (χ0v) is 15.4. The highest BCUT2D eigenvalue weighted by Crippen LogP contribution is 2.37. The third-order valence-corrected chi connectivity index (χ3v) is 4.80. The lowest BCUT2D eigenvalue weighted by Crippen LogP contribution is -2.04. The summed E-state index contributed by atoms with van der Waals surface area (Å²) >= 11 is 0. The molecule has 144 valence electrons. The van der Waals surface area contributed by atoms with E-state index in [1.807, 2.05) is 19.1 Å². The first-order valence-corrected chi connectivity index (χ1v) is 8.92. The topological polar surface area (TPSA) is 51.0 Å². The Morgan fingerprint density at radius 1 is 1.07 bits per heavy atom. The maximum Gasteiger partial charge on any atom is 0.416 e. The summed E-state index contributed by atoms with van der Waals surface area (Å²) in [5, 5.41) is 1.04. The highest BCUT2D eigenvalue weighted by Gasteiger charge is 2.30. The Hall–Kier alpha value is -2.47. The Balaban J connectivity index is 2.13. The average Bonchev–Trinajstić information content (AvgIpc) is 3.00. The van der Waals surface area contributed by atoms with Gasteiger partial charge < -0.3 is 15.5 Å². The van der Waals surface area contributed by atoms with Crippen LogP contribution in [-0.2, 0) is 12.6 Å². The summed E-state index contributed by atoms with van der Waals surface area (Å²) in [5.41, 5.74) is 9.66. The van der Waals surface area contributed by atoms with Crippen LogP contribution < -0.4 is 10.5 Å². The molecule has 6 heteroatoms. The molecule has 0 bridgehead atoms. The number of H-pyrrole nitrogens is 1. The lowest BCUT2D eigenvalue weighted by molar-refractivity contribution is -0.137. The predicted molar refractivity (Wildman–Crippen MR) is 102 cm³/mol. The Kier molecular flexibility index (Phi) is 5.46. The van der Waals surface area contributed by atoms with E-state index in [0.29, 0.717) is 6.54 Å². The number of aromatic amines is 1. The Morgan fingerprint density at radius 2 is 1.78 bits per heavy atom. The minimum Gasteiger partial charge on any atom is -0.497 e. The smallest absolute Gasteiger partial charge is 0.416 e. The number of aryl methyl sites for hydroxylation is 2. The second-order valence-electron chi connectivity index (χ2n) is 6.67. The number of unbranched alkanes of at least 4 members (excludes halogenated alkanes) is 1. The van der Waals surface area contributed by atoms with Crippen molar-refractivity contribution in [2.45, 2.75) is 32.4 Å². The van der Waals surface area contributed by atoms with Crippen LogP contribution in [0.1, 0.15) is 29.5 Å². The summed E-state index contributed by atoms with van der Waals surface area (Å²) in [4.78, 5) is 3.42. The number of nitrogens with two attached hydrogens (primary N) is 1. The number of rotatable bonds is 6. The van der Waals surface area contributed by atoms with Gasteiger partial charge in [0.15, 0.2) is 0 Å². The zero-order valence-electron chi connectivity index (χ0n) is 15.4. The molecule has 3 aromatic rings. The molecule has 2 aromatic carbocycles. The molecule has 0 amide bonds. The van der Waals surface area contributed by atoms with Crippen molar-refractivity contribution in [3.05, 3.63) is 53.1 Å². The van der Waals surface area contributed by atoms with Crippen LogP contribution in [0.5, 0.6) is 5.75 Å². The Labute approximate surface area is 156 Å². The number of ether oxygens (including phenoxy) is 1. The molecule has 0 unspecified atom stereocenters. The van der Waals surface area contributed by atoms with Gasteiger partial charge in [0.1, 0.15) is 5.75 Å². The van der Waals surface area contributed by atoms with Crippen LogP contribution in [0.15, 0.2) is 36.4 Å². The van der Waals surface area contributed by atoms with Crippen LogP contribution in [0.4, 0.5) is 13.2 Å². The van der Waals surface area contributed by atoms with Crippen molar-refractivity contribution in [1.82, 2.24) is 4.98 Å². The fraction of sp³-hybridized carbons (Fsp3) is 0.333. The summed E-state index contributed by atoms with van der Waals surface area (Å²) in [5.74, 6) is 0.762. The molecule has 0 radical (unpaired) electrons. The van der Waals surface area contributed by atoms with Crippen LogP contribution in [0.25, 0.3) is 22.2 Å². The predicted octanol–water partition coefficient (Wildman–Crippen LogP) is 5.45. The van der Waals surface area contributed by atoms with E-state index in [0.717, 1.165) is 70.4 Å². The minimum absolute atomic E-state index is 0.611. The third kappa shape index (κ3) is 3.95. The third-order valence-electron chi connectivity index (χ3n) is 4.80. The van der Waals surface area contributed by atoms with Crippen molar-refractivity contribution in [3.63, 3.8) is 0 Å². The molecule has 0 aliphatic heterocycles. The molecule has 0 aliphatic rings. The van der Waals surface area contributed by atoms with E-state index in [2.05, 4.69) is 4.98 Å². The molecule has 0 aliphatic carbocycles. The van der Waals surface area contributed by atoms with E-state index in [-0.39, 0.29) is 0 Å². The fourth-order valence-corrected chi connectivity index (χ4v) is 3.39. The van der Waals surface area contributed by atoms with Crippen LogP contribution in [0.2, 0.25) is 0 Å². The molecule has 1 aromatic heterocycles. The van der Waals surface area contributed by atoms with E-state index >= 15 is 0 Å². The Morgan fingerprint density at radius 3 is 2.37 bits per heavy atom. The van der Waals surface area contributed by atoms with Crippen LogP contribution in [0.3, 0.4) is 0 Å². The van der Waals surface area contributed by atoms with Gasteiger partial charge in [-0.3, -0.25) is 0 Å². The number of alkyl halides is 3. The quantitative estimate of drug-likeness (QED) is 0.562. The molecule has 3 nitrogen and oxygen atoms in total. The maximum absolute atomic E-state index is 12.9. The molecule has 0 saturated heterocycles. The van der Waals surface area contributed by atoms with E-state index in [4.69, 9.17) is 10.5 Å². The molecule has 0 spiro atoms. The number of aromatic nitrogens is 1. The standard InChI is InChI=1S/C21H23F3N2O/c1-13-11-16(27-2)12-18-17(5-3-4-10-25)20(26-19(13)18)14-6-8-15(9-7-14)21(22,23)24/h6-9,11-12,26H,3-5,10,25H2,1-2H3. The summed E-state index contributed by atoms with van der Waals surface area (Å²) in [6.07, 6.45) is -1.75. The van der Waals surface area contributed by atoms with Crippen molar-refractivity contribution in [1.29, 1.82) is 0 Å². The first-order valence-electron chi connectivity index (χ1n) is 8.92. The molecule has 3 rings (SSSR count). The van der Waals surface area contributed by atoms with Crippen molar-refractivity contribution >= 4 is 10.9 Å². The minimum atomic E-state index is -4.34. The fourth-order valence-electron chi connectivity index (χ4n) is 3.39. The summed E-state index contributed by atoms with van der Waals surface area (Å²) in [6, 6.07) is 9.21. The molecule has 1 heterocycles. The number of fused-ring (bicyclic) bond motifs is 1. The molecular weight excluding hydrogens is 353 g/mol. The van der Waals surface area contributed by atoms with Gasteiger partial charge in [0.05, 0.1) is 12.7 Å². The molecule has 0 atom stereocenters. The van der Waals surface area contributed by atoms with Crippen molar-refractivity contribution in [2.24, 2.45) is 5.73 Å². The molecule has 0 fully saturated rings. The second-order valence-corrected chi connectivity index (χ2v) is 6.67. The van der Waals surface area contributed by atoms with Gasteiger partial charge in [-0.25, -0.2) is 0 Å². The number of halogens is 3. The number of hydrogen-bond donors (Lipinski definition) is 2. The average molecular weight is 376 g/mol. The second kappa shape index (κ2) is 7.64. The summed E-state index contributed by atoms with van der Waals surface area (Å²) in [7, 11) is 1.62. The van der Waals surface area contributed by atoms with Gasteiger partial charge in [0.25, 0.3) is 0 Å². The maximum atomic E-state index is 12.9. The van der Waals surface area contributed by atoms with E-state index in [1.54, 1.807) is 7.11 Å². The van der Waals surface area contributed by atoms with E-state index in [9.17, 15) is 13.2 Å². The lowest BCUT2D eigenvalue weighted by atomic mass is 9.98. The highest BCUT2D eigenvalue weighted by atomic mass is 19.4. The largest absolute Gasteiger partial charge is 0.497 e. The van der Waals surface area contributed by atoms with Crippen LogP contribution in [0, 0.1) is 6.92 Å². The van der Waals surface area contributed by atoms with Gasteiger partial charge >= 0.3 is 6.18 Å². The van der Waals surface area contributed by atoms with Crippen LogP contribution in [-0.4, -0.2) is 18.6 Å². The summed E-state index contributed by atoms with van der Waals surface area (Å²) < 4.78 is 44.0. The van der Waals surface area contributed by atoms with E-state index in [1.165, 1.54) is 12.1 Å². The first-order chi connectivity index (χ1) is 12.8. The van der Waals surface area contributed by atoms with E-state index < -0.39 is 11.7 Å². The van der Waals surface area contributed by atoms with Crippen molar-refractivity contribution < 1.29 is 17.9 Å². The number of nitrogens with one attached hydrogen (secondary N) is 1. The van der Waals surface area contributed by atoms with Crippen molar-refractivity contribution in [3.8, 4) is 17.0 Å². The summed E-state index contributed by atoms with van der Waals surface area (Å²) in [6.45, 7) is 2.60. The normalized spacial score (nSPS) is 11.9. The Bertz CT molecular complexity index is 927. The van der Waals surface area contributed by atoms with Crippen LogP contribution >= 0.6 is 0 Å². The molecule has 27 heavy (non-hydrogen) atoms. The SMILES string of the molecule is COc1cc(C)c2[nH]c(-c3ccc(C(F)(F)F)cc3)c(CCCCN)c2c1.